The number of carboxylic acids is 1. The first-order valence-corrected chi connectivity index (χ1v) is 10.8. The second-order valence-electron chi connectivity index (χ2n) is 9.29. The lowest BCUT2D eigenvalue weighted by molar-refractivity contribution is -0.140. The summed E-state index contributed by atoms with van der Waals surface area (Å²) in [5.41, 5.74) is 1.90. The van der Waals surface area contributed by atoms with Gasteiger partial charge in [-0.25, -0.2) is 4.79 Å². The molecule has 0 spiro atoms. The molecule has 0 bridgehead atoms. The van der Waals surface area contributed by atoms with Gasteiger partial charge in [-0.05, 0) is 49.9 Å². The summed E-state index contributed by atoms with van der Waals surface area (Å²) in [5, 5.41) is 24.4. The number of aliphatic hydroxyl groups is 1. The van der Waals surface area contributed by atoms with Crippen LogP contribution in [0.3, 0.4) is 0 Å². The van der Waals surface area contributed by atoms with Crippen LogP contribution in [0.5, 0.6) is 0 Å². The second kappa shape index (κ2) is 9.23. The Hall–Kier alpha value is -3.39. The monoisotopic (exact) mass is 454 g/mol. The third-order valence-electron chi connectivity index (χ3n) is 6.30. The van der Waals surface area contributed by atoms with E-state index < -0.39 is 41.6 Å². The van der Waals surface area contributed by atoms with E-state index in [9.17, 15) is 24.6 Å². The van der Waals surface area contributed by atoms with Gasteiger partial charge in [0.05, 0.1) is 17.6 Å². The molecule has 1 atom stereocenters. The van der Waals surface area contributed by atoms with Crippen molar-refractivity contribution in [1.82, 2.24) is 10.6 Å². The van der Waals surface area contributed by atoms with Crippen LogP contribution in [0.15, 0.2) is 48.5 Å². The van der Waals surface area contributed by atoms with Crippen molar-refractivity contribution >= 4 is 18.0 Å². The number of hydrogen-bond acceptors (Lipinski definition) is 5. The number of alkyl carbamates (subject to hydrolysis) is 1. The molecule has 2 aromatic rings. The summed E-state index contributed by atoms with van der Waals surface area (Å²) in [6, 6.07) is 14.4. The van der Waals surface area contributed by atoms with Gasteiger partial charge in [-0.1, -0.05) is 48.5 Å². The highest BCUT2D eigenvalue weighted by atomic mass is 16.5. The minimum atomic E-state index is -1.36. The number of benzene rings is 2. The molecule has 176 valence electrons. The number of nitrogens with one attached hydrogen (secondary N) is 2. The number of carbonyl (C=O) groups excluding carboxylic acids is 2. The average Bonchev–Trinajstić information content (AvgIpc) is 3.04. The van der Waals surface area contributed by atoms with Crippen molar-refractivity contribution in [2.24, 2.45) is 0 Å². The van der Waals surface area contributed by atoms with Crippen molar-refractivity contribution in [2.75, 3.05) is 6.61 Å². The molecule has 4 N–H and O–H groups in total. The van der Waals surface area contributed by atoms with Crippen molar-refractivity contribution in [1.29, 1.82) is 0 Å². The average molecular weight is 455 g/mol. The number of fused-ring (bicyclic) bond motifs is 3. The summed E-state index contributed by atoms with van der Waals surface area (Å²) in [6.45, 7) is 6.30. The molecular weight excluding hydrogens is 424 g/mol. The fourth-order valence-electron chi connectivity index (χ4n) is 3.71. The number of carboxylic acid groups (broad SMARTS) is 1. The van der Waals surface area contributed by atoms with Crippen LogP contribution in [0.2, 0.25) is 0 Å². The van der Waals surface area contributed by atoms with Crippen molar-refractivity contribution in [2.45, 2.75) is 57.2 Å². The zero-order valence-corrected chi connectivity index (χ0v) is 19.2. The summed E-state index contributed by atoms with van der Waals surface area (Å²) in [5.74, 6) is -2.14. The lowest BCUT2D eigenvalue weighted by atomic mass is 9.85. The molecular formula is C25H30N2O6. The van der Waals surface area contributed by atoms with Crippen LogP contribution < -0.4 is 10.6 Å². The van der Waals surface area contributed by atoms with Crippen molar-refractivity contribution in [3.63, 3.8) is 0 Å². The van der Waals surface area contributed by atoms with Gasteiger partial charge in [0.25, 0.3) is 0 Å². The number of ether oxygens (including phenoxy) is 1. The van der Waals surface area contributed by atoms with E-state index in [1.165, 1.54) is 13.8 Å². The minimum absolute atomic E-state index is 0.0381. The van der Waals surface area contributed by atoms with Gasteiger partial charge >= 0.3 is 12.1 Å². The Morgan fingerprint density at radius 3 is 1.97 bits per heavy atom. The van der Waals surface area contributed by atoms with E-state index in [0.717, 1.165) is 22.3 Å². The fraction of sp³-hybridized carbons (Fsp3) is 0.400. The highest BCUT2D eigenvalue weighted by Gasteiger charge is 2.38. The molecule has 0 aliphatic heterocycles. The molecule has 0 fully saturated rings. The largest absolute Gasteiger partial charge is 0.481 e. The molecule has 0 saturated carbocycles. The van der Waals surface area contributed by atoms with Gasteiger partial charge in [-0.2, -0.15) is 0 Å². The quantitative estimate of drug-likeness (QED) is 0.486. The Morgan fingerprint density at radius 2 is 1.48 bits per heavy atom. The van der Waals surface area contributed by atoms with Crippen LogP contribution in [0.25, 0.3) is 11.1 Å². The van der Waals surface area contributed by atoms with Crippen LogP contribution in [0, 0.1) is 0 Å². The normalized spacial score (nSPS) is 14.1. The van der Waals surface area contributed by atoms with Gasteiger partial charge in [0, 0.05) is 5.92 Å². The van der Waals surface area contributed by atoms with E-state index in [0.29, 0.717) is 0 Å². The number of amides is 2. The molecule has 8 heteroatoms. The van der Waals surface area contributed by atoms with Crippen LogP contribution in [-0.2, 0) is 14.3 Å². The molecule has 2 aromatic carbocycles. The van der Waals surface area contributed by atoms with Crippen LogP contribution in [0.4, 0.5) is 4.79 Å². The zero-order valence-electron chi connectivity index (χ0n) is 19.2. The van der Waals surface area contributed by atoms with Crippen molar-refractivity contribution < 1.29 is 29.3 Å². The molecule has 1 aliphatic carbocycles. The Labute approximate surface area is 193 Å². The van der Waals surface area contributed by atoms with Gasteiger partial charge < -0.3 is 25.6 Å². The predicted octanol–water partition coefficient (Wildman–Crippen LogP) is 3.03. The van der Waals surface area contributed by atoms with Crippen LogP contribution >= 0.6 is 0 Å². The van der Waals surface area contributed by atoms with Gasteiger partial charge in [-0.15, -0.1) is 0 Å². The minimum Gasteiger partial charge on any atom is -0.481 e. The van der Waals surface area contributed by atoms with Crippen molar-refractivity contribution in [3.05, 3.63) is 59.7 Å². The molecule has 33 heavy (non-hydrogen) atoms. The smallest absolute Gasteiger partial charge is 0.407 e. The Kier molecular flexibility index (Phi) is 6.78. The first kappa shape index (κ1) is 24.3. The van der Waals surface area contributed by atoms with E-state index >= 15 is 0 Å². The SMILES string of the molecule is CC(C)(O)C(C)(C)NC(=O)C(CC(=O)O)NC(=O)OCC1c2ccccc2-c2ccccc21. The number of aliphatic carboxylic acids is 1. The van der Waals surface area contributed by atoms with E-state index in [2.05, 4.69) is 10.6 Å². The van der Waals surface area contributed by atoms with Crippen LogP contribution in [0.1, 0.15) is 51.2 Å². The third-order valence-corrected chi connectivity index (χ3v) is 6.30. The maximum Gasteiger partial charge on any atom is 0.407 e. The topological polar surface area (TPSA) is 125 Å². The first-order valence-electron chi connectivity index (χ1n) is 10.8. The first-order chi connectivity index (χ1) is 15.4. The predicted molar refractivity (Wildman–Crippen MR) is 123 cm³/mol. The second-order valence-corrected chi connectivity index (χ2v) is 9.29. The van der Waals surface area contributed by atoms with E-state index in [1.54, 1.807) is 13.8 Å². The van der Waals surface area contributed by atoms with E-state index in [-0.39, 0.29) is 12.5 Å². The summed E-state index contributed by atoms with van der Waals surface area (Å²) in [7, 11) is 0. The van der Waals surface area contributed by atoms with E-state index in [1.807, 2.05) is 48.5 Å². The highest BCUT2D eigenvalue weighted by Crippen LogP contribution is 2.44. The van der Waals surface area contributed by atoms with Gasteiger partial charge in [-0.3, -0.25) is 9.59 Å². The van der Waals surface area contributed by atoms with Gasteiger partial charge in [0.1, 0.15) is 12.6 Å². The lowest BCUT2D eigenvalue weighted by Gasteiger charge is -2.38. The van der Waals surface area contributed by atoms with Crippen molar-refractivity contribution in [3.8, 4) is 11.1 Å². The number of hydrogen-bond donors (Lipinski definition) is 4. The van der Waals surface area contributed by atoms with Gasteiger partial charge in [0.15, 0.2) is 0 Å². The fourth-order valence-corrected chi connectivity index (χ4v) is 3.71. The molecule has 1 unspecified atom stereocenters. The Bertz CT molecular complexity index is 1010. The maximum atomic E-state index is 12.7. The summed E-state index contributed by atoms with van der Waals surface area (Å²) >= 11 is 0. The molecule has 8 nitrogen and oxygen atoms in total. The van der Waals surface area contributed by atoms with E-state index in [4.69, 9.17) is 4.74 Å². The molecule has 0 aromatic heterocycles. The summed E-state index contributed by atoms with van der Waals surface area (Å²) < 4.78 is 5.43. The standard InChI is InChI=1S/C25H30N2O6/c1-24(2,25(3,4)32)27-22(30)20(13-21(28)29)26-23(31)33-14-19-17-11-7-5-9-15(17)16-10-6-8-12-18(16)19/h5-12,19-20,32H,13-14H2,1-4H3,(H,26,31)(H,27,30)(H,28,29). The highest BCUT2D eigenvalue weighted by molar-refractivity contribution is 5.89. The van der Waals surface area contributed by atoms with Crippen LogP contribution in [-0.4, -0.2) is 52.0 Å². The number of rotatable bonds is 8. The molecule has 0 saturated heterocycles. The zero-order chi connectivity index (χ0) is 24.4. The molecule has 1 aliphatic rings. The molecule has 0 heterocycles. The van der Waals surface area contributed by atoms with Gasteiger partial charge in [0.2, 0.25) is 5.91 Å². The molecule has 2 amide bonds. The summed E-state index contributed by atoms with van der Waals surface area (Å²) in [4.78, 5) is 36.5. The number of carbonyl (C=O) groups is 3. The Balaban J connectivity index is 1.69. The maximum absolute atomic E-state index is 12.7. The summed E-state index contributed by atoms with van der Waals surface area (Å²) in [6.07, 6.45) is -1.52. The third kappa shape index (κ3) is 5.34. The Morgan fingerprint density at radius 1 is 0.970 bits per heavy atom. The lowest BCUT2D eigenvalue weighted by Crippen LogP contribution is -2.61. The molecule has 3 rings (SSSR count). The molecule has 0 radical (unpaired) electrons.